The van der Waals surface area contributed by atoms with Crippen molar-refractivity contribution in [2.45, 2.75) is 52.6 Å². The van der Waals surface area contributed by atoms with Gasteiger partial charge in [0.05, 0.1) is 12.2 Å². The minimum atomic E-state index is 0.161. The molecule has 26 heavy (non-hydrogen) atoms. The van der Waals surface area contributed by atoms with Crippen LogP contribution in [-0.4, -0.2) is 46.3 Å². The second kappa shape index (κ2) is 8.49. The van der Waals surface area contributed by atoms with Crippen LogP contribution < -0.4 is 5.32 Å². The van der Waals surface area contributed by atoms with E-state index in [9.17, 15) is 4.79 Å². The van der Waals surface area contributed by atoms with E-state index in [1.807, 2.05) is 29.8 Å². The summed E-state index contributed by atoms with van der Waals surface area (Å²) in [5.41, 5.74) is 4.07. The highest BCUT2D eigenvalue weighted by atomic mass is 16.2. The van der Waals surface area contributed by atoms with Crippen molar-refractivity contribution in [3.63, 3.8) is 0 Å². The fourth-order valence-electron chi connectivity index (χ4n) is 3.79. The second-order valence-corrected chi connectivity index (χ2v) is 7.26. The summed E-state index contributed by atoms with van der Waals surface area (Å²) in [6, 6.07) is 10.5. The van der Waals surface area contributed by atoms with E-state index >= 15 is 0 Å². The number of piperidine rings is 1. The van der Waals surface area contributed by atoms with Crippen molar-refractivity contribution in [2.75, 3.05) is 19.6 Å². The lowest BCUT2D eigenvalue weighted by molar-refractivity contribution is 0.0642. The van der Waals surface area contributed by atoms with Crippen LogP contribution in [0.3, 0.4) is 0 Å². The maximum Gasteiger partial charge on any atom is 0.254 e. The summed E-state index contributed by atoms with van der Waals surface area (Å²) in [6.07, 6.45) is 3.06. The number of carbonyl (C=O) groups excluding carboxylic acids is 1. The van der Waals surface area contributed by atoms with Crippen LogP contribution in [0.1, 0.15) is 53.5 Å². The molecule has 3 rings (SSSR count). The molecule has 0 atom stereocenters. The molecule has 0 bridgehead atoms. The van der Waals surface area contributed by atoms with E-state index in [-0.39, 0.29) is 5.91 Å². The third kappa shape index (κ3) is 4.33. The summed E-state index contributed by atoms with van der Waals surface area (Å²) in [5, 5.41) is 7.92. The van der Waals surface area contributed by atoms with Gasteiger partial charge in [0.25, 0.3) is 5.91 Å². The van der Waals surface area contributed by atoms with E-state index in [2.05, 4.69) is 41.3 Å². The van der Waals surface area contributed by atoms with Crippen LogP contribution in [0.25, 0.3) is 0 Å². The first-order chi connectivity index (χ1) is 12.6. The molecule has 0 aliphatic carbocycles. The Morgan fingerprint density at radius 1 is 1.27 bits per heavy atom. The number of amides is 1. The SMILES string of the molecule is CCCN(C(=O)c1cccc(Cn2nc(C)cc2C)c1)C1CCNCC1. The number of nitrogens with zero attached hydrogens (tertiary/aromatic N) is 3. The molecule has 0 radical (unpaired) electrons. The summed E-state index contributed by atoms with van der Waals surface area (Å²) < 4.78 is 2.00. The number of hydrogen-bond donors (Lipinski definition) is 1. The number of carbonyl (C=O) groups is 1. The predicted molar refractivity (Wildman–Crippen MR) is 104 cm³/mol. The third-order valence-electron chi connectivity index (χ3n) is 5.08. The summed E-state index contributed by atoms with van der Waals surface area (Å²) in [5.74, 6) is 0.161. The van der Waals surface area contributed by atoms with Gasteiger partial charge in [-0.1, -0.05) is 19.1 Å². The van der Waals surface area contributed by atoms with Gasteiger partial charge in [0.15, 0.2) is 0 Å². The van der Waals surface area contributed by atoms with Crippen LogP contribution in [0.2, 0.25) is 0 Å². The Morgan fingerprint density at radius 3 is 2.69 bits per heavy atom. The molecule has 5 heteroatoms. The Bertz CT molecular complexity index is 746. The van der Waals surface area contributed by atoms with Crippen LogP contribution in [0, 0.1) is 13.8 Å². The van der Waals surface area contributed by atoms with Gasteiger partial charge in [-0.3, -0.25) is 9.48 Å². The zero-order valence-electron chi connectivity index (χ0n) is 16.2. The Morgan fingerprint density at radius 2 is 2.04 bits per heavy atom. The maximum atomic E-state index is 13.2. The lowest BCUT2D eigenvalue weighted by atomic mass is 10.0. The molecule has 0 spiro atoms. The van der Waals surface area contributed by atoms with Gasteiger partial charge in [0.2, 0.25) is 0 Å². The quantitative estimate of drug-likeness (QED) is 0.867. The fourth-order valence-corrected chi connectivity index (χ4v) is 3.79. The molecule has 140 valence electrons. The normalized spacial score (nSPS) is 15.2. The monoisotopic (exact) mass is 354 g/mol. The Balaban J connectivity index is 1.78. The van der Waals surface area contributed by atoms with E-state index < -0.39 is 0 Å². The van der Waals surface area contributed by atoms with Crippen molar-refractivity contribution in [2.24, 2.45) is 0 Å². The summed E-state index contributed by atoms with van der Waals surface area (Å²) >= 11 is 0. The molecular weight excluding hydrogens is 324 g/mol. The molecule has 1 amide bonds. The molecule has 1 saturated heterocycles. The average Bonchev–Trinajstić information content (AvgIpc) is 2.97. The van der Waals surface area contributed by atoms with Gasteiger partial charge in [-0.25, -0.2) is 0 Å². The molecule has 1 aromatic heterocycles. The number of rotatable bonds is 6. The van der Waals surface area contributed by atoms with Gasteiger partial charge in [0.1, 0.15) is 0 Å². The highest BCUT2D eigenvalue weighted by Gasteiger charge is 2.25. The Hall–Kier alpha value is -2.14. The minimum absolute atomic E-state index is 0.161. The van der Waals surface area contributed by atoms with Gasteiger partial charge in [-0.15, -0.1) is 0 Å². The van der Waals surface area contributed by atoms with Crippen LogP contribution in [0.4, 0.5) is 0 Å². The van der Waals surface area contributed by atoms with E-state index in [0.717, 1.165) is 61.4 Å². The maximum absolute atomic E-state index is 13.2. The van der Waals surface area contributed by atoms with E-state index in [4.69, 9.17) is 0 Å². The molecule has 0 saturated carbocycles. The van der Waals surface area contributed by atoms with Crippen molar-refractivity contribution in [3.05, 3.63) is 52.8 Å². The number of benzene rings is 1. The molecule has 1 aliphatic heterocycles. The first kappa shape index (κ1) is 18.6. The molecule has 1 aromatic carbocycles. The summed E-state index contributed by atoms with van der Waals surface area (Å²) in [6.45, 7) is 9.72. The number of aryl methyl sites for hydroxylation is 2. The van der Waals surface area contributed by atoms with Crippen LogP contribution >= 0.6 is 0 Å². The largest absolute Gasteiger partial charge is 0.336 e. The third-order valence-corrected chi connectivity index (χ3v) is 5.08. The zero-order chi connectivity index (χ0) is 18.5. The topological polar surface area (TPSA) is 50.2 Å². The second-order valence-electron chi connectivity index (χ2n) is 7.26. The molecule has 1 aliphatic rings. The van der Waals surface area contributed by atoms with Gasteiger partial charge >= 0.3 is 0 Å². The van der Waals surface area contributed by atoms with Gasteiger partial charge in [-0.05, 0) is 70.0 Å². The Labute approximate surface area is 156 Å². The smallest absolute Gasteiger partial charge is 0.254 e. The molecule has 0 unspecified atom stereocenters. The standard InChI is InChI=1S/C21H30N4O/c1-4-12-24(20-8-10-22-11-9-20)21(26)19-7-5-6-18(14-19)15-25-17(3)13-16(2)23-25/h5-7,13-14,20,22H,4,8-12,15H2,1-3H3. The van der Waals surface area contributed by atoms with Crippen LogP contribution in [0.15, 0.2) is 30.3 Å². The van der Waals surface area contributed by atoms with Crippen LogP contribution in [-0.2, 0) is 6.54 Å². The molecule has 2 aromatic rings. The predicted octanol–water partition coefficient (Wildman–Crippen LogP) is 3.15. The highest BCUT2D eigenvalue weighted by molar-refractivity contribution is 5.94. The van der Waals surface area contributed by atoms with Crippen molar-refractivity contribution in [3.8, 4) is 0 Å². The molecule has 5 nitrogen and oxygen atoms in total. The van der Waals surface area contributed by atoms with Crippen molar-refractivity contribution < 1.29 is 4.79 Å². The number of aromatic nitrogens is 2. The number of hydrogen-bond acceptors (Lipinski definition) is 3. The highest BCUT2D eigenvalue weighted by Crippen LogP contribution is 2.18. The molecule has 1 N–H and O–H groups in total. The minimum Gasteiger partial charge on any atom is -0.336 e. The van der Waals surface area contributed by atoms with Crippen molar-refractivity contribution in [1.82, 2.24) is 20.0 Å². The van der Waals surface area contributed by atoms with Gasteiger partial charge < -0.3 is 10.2 Å². The van der Waals surface area contributed by atoms with Gasteiger partial charge in [0, 0.05) is 23.8 Å². The molecular formula is C21H30N4O. The van der Waals surface area contributed by atoms with Gasteiger partial charge in [-0.2, -0.15) is 5.10 Å². The summed E-state index contributed by atoms with van der Waals surface area (Å²) in [4.78, 5) is 15.3. The molecule has 1 fully saturated rings. The fraction of sp³-hybridized carbons (Fsp3) is 0.524. The lowest BCUT2D eigenvalue weighted by Gasteiger charge is -2.34. The molecule has 2 heterocycles. The Kier molecular flexibility index (Phi) is 6.09. The van der Waals surface area contributed by atoms with E-state index in [1.54, 1.807) is 0 Å². The average molecular weight is 354 g/mol. The zero-order valence-corrected chi connectivity index (χ0v) is 16.2. The van der Waals surface area contributed by atoms with Crippen molar-refractivity contribution in [1.29, 1.82) is 0 Å². The first-order valence-electron chi connectivity index (χ1n) is 9.70. The number of nitrogens with one attached hydrogen (secondary N) is 1. The first-order valence-corrected chi connectivity index (χ1v) is 9.70. The summed E-state index contributed by atoms with van der Waals surface area (Å²) in [7, 11) is 0. The van der Waals surface area contributed by atoms with E-state index in [0.29, 0.717) is 12.6 Å². The lowest BCUT2D eigenvalue weighted by Crippen LogP contribution is -2.46. The van der Waals surface area contributed by atoms with Crippen molar-refractivity contribution >= 4 is 5.91 Å². The van der Waals surface area contributed by atoms with E-state index in [1.165, 1.54) is 0 Å². The van der Waals surface area contributed by atoms with Crippen LogP contribution in [0.5, 0.6) is 0 Å².